The van der Waals surface area contributed by atoms with Crippen LogP contribution in [0.1, 0.15) is 77.6 Å². The molecule has 2 atom stereocenters. The summed E-state index contributed by atoms with van der Waals surface area (Å²) >= 11 is 0. The normalized spacial score (nSPS) is 13.8. The lowest BCUT2D eigenvalue weighted by Gasteiger charge is -2.24. The molecule has 0 aromatic carbocycles. The van der Waals surface area contributed by atoms with Gasteiger partial charge in [-0.25, -0.2) is 9.36 Å². The highest BCUT2D eigenvalue weighted by Gasteiger charge is 2.17. The molecule has 0 fully saturated rings. The Labute approximate surface area is 211 Å². The van der Waals surface area contributed by atoms with Crippen molar-refractivity contribution >= 4 is 13.9 Å². The molecule has 0 aliphatic heterocycles. The zero-order chi connectivity index (χ0) is 25.6. The van der Waals surface area contributed by atoms with Gasteiger partial charge >= 0.3 is 6.09 Å². The number of amides is 1. The second-order valence-electron chi connectivity index (χ2n) is 8.61. The smallest absolute Gasteiger partial charge is 0.407 e. The number of rotatable bonds is 22. The first-order chi connectivity index (χ1) is 17.0. The second kappa shape index (κ2) is 20.7. The number of phosphoric ester groups is 1. The lowest BCUT2D eigenvalue weighted by molar-refractivity contribution is -0.697. The van der Waals surface area contributed by atoms with Crippen LogP contribution in [-0.2, 0) is 29.6 Å². The number of hydrogen-bond donors (Lipinski definition) is 1. The lowest BCUT2D eigenvalue weighted by Crippen LogP contribution is -2.35. The van der Waals surface area contributed by atoms with Crippen LogP contribution in [-0.4, -0.2) is 45.7 Å². The van der Waals surface area contributed by atoms with Crippen LogP contribution < -0.4 is 14.8 Å². The van der Waals surface area contributed by atoms with Crippen LogP contribution in [0.3, 0.4) is 0 Å². The minimum Gasteiger partial charge on any atom is -0.756 e. The van der Waals surface area contributed by atoms with E-state index in [1.165, 1.54) is 64.9 Å². The lowest BCUT2D eigenvalue weighted by atomic mass is 10.1. The van der Waals surface area contributed by atoms with Gasteiger partial charge in [0.25, 0.3) is 7.82 Å². The van der Waals surface area contributed by atoms with Crippen molar-refractivity contribution in [1.29, 1.82) is 0 Å². The van der Waals surface area contributed by atoms with Crippen LogP contribution in [0.2, 0.25) is 0 Å². The maximum atomic E-state index is 11.9. The number of carbonyl (C=O) groups is 1. The van der Waals surface area contributed by atoms with Crippen LogP contribution in [0.15, 0.2) is 30.6 Å². The van der Waals surface area contributed by atoms with Gasteiger partial charge in [-0.1, -0.05) is 77.2 Å². The highest BCUT2D eigenvalue weighted by atomic mass is 31.2. The van der Waals surface area contributed by atoms with Crippen molar-refractivity contribution in [2.24, 2.45) is 0 Å². The summed E-state index contributed by atoms with van der Waals surface area (Å²) in [5.41, 5.74) is 0. The molecule has 1 aromatic rings. The van der Waals surface area contributed by atoms with Crippen molar-refractivity contribution < 1.29 is 37.3 Å². The summed E-state index contributed by atoms with van der Waals surface area (Å²) in [4.78, 5) is 23.8. The van der Waals surface area contributed by atoms with Gasteiger partial charge in [0, 0.05) is 25.8 Å². The van der Waals surface area contributed by atoms with E-state index < -0.39 is 20.0 Å². The van der Waals surface area contributed by atoms with Crippen LogP contribution in [0.5, 0.6) is 0 Å². The van der Waals surface area contributed by atoms with Gasteiger partial charge < -0.3 is 28.7 Å². The van der Waals surface area contributed by atoms with E-state index in [0.717, 1.165) is 12.8 Å². The molecule has 35 heavy (non-hydrogen) atoms. The Morgan fingerprint density at radius 2 is 1.51 bits per heavy atom. The summed E-state index contributed by atoms with van der Waals surface area (Å²) in [5, 5.41) is 2.71. The first-order valence-electron chi connectivity index (χ1n) is 12.9. The Bertz CT molecular complexity index is 694. The topological polar surface area (TPSA) is 110 Å². The largest absolute Gasteiger partial charge is 0.756 e. The molecule has 1 aromatic heterocycles. The predicted octanol–water partition coefficient (Wildman–Crippen LogP) is 4.53. The van der Waals surface area contributed by atoms with Gasteiger partial charge in [-0.05, 0) is 6.42 Å². The molecule has 1 rings (SSSR count). The number of methoxy groups -OCH3 is 1. The molecule has 1 amide bonds. The van der Waals surface area contributed by atoms with E-state index in [4.69, 9.17) is 18.5 Å². The minimum atomic E-state index is -4.49. The van der Waals surface area contributed by atoms with Crippen molar-refractivity contribution in [1.82, 2.24) is 5.32 Å². The third-order valence-electron chi connectivity index (χ3n) is 5.58. The average molecular weight is 517 g/mol. The predicted molar refractivity (Wildman–Crippen MR) is 133 cm³/mol. The molecule has 0 aliphatic rings. The fourth-order valence-electron chi connectivity index (χ4n) is 3.44. The minimum absolute atomic E-state index is 0.0505. The molecule has 0 aliphatic carbocycles. The molecule has 202 valence electrons. The first-order valence-corrected chi connectivity index (χ1v) is 14.4. The van der Waals surface area contributed by atoms with Gasteiger partial charge in [-0.15, -0.1) is 0 Å². The summed E-state index contributed by atoms with van der Waals surface area (Å²) in [7, 11) is -3.09. The first kappa shape index (κ1) is 31.5. The van der Waals surface area contributed by atoms with E-state index >= 15 is 0 Å². The molecule has 0 saturated heterocycles. The number of nitrogens with zero attached hydrogens (tertiary/aromatic N) is 1. The van der Waals surface area contributed by atoms with E-state index in [-0.39, 0.29) is 19.8 Å². The number of nitrogens with one attached hydrogen (secondary N) is 1. The average Bonchev–Trinajstić information content (AvgIpc) is 2.85. The van der Waals surface area contributed by atoms with Gasteiger partial charge in [0.15, 0.2) is 18.9 Å². The number of alkyl carbamates (subject to hydrolysis) is 1. The summed E-state index contributed by atoms with van der Waals surface area (Å²) in [6.45, 7) is 2.67. The zero-order valence-corrected chi connectivity index (χ0v) is 22.4. The molecule has 0 bridgehead atoms. The Hall–Kier alpha value is -1.51. The fourth-order valence-corrected chi connectivity index (χ4v) is 4.17. The Balaban J connectivity index is 2.03. The summed E-state index contributed by atoms with van der Waals surface area (Å²) in [6, 6.07) is 5.54. The highest BCUT2D eigenvalue weighted by molar-refractivity contribution is 7.45. The van der Waals surface area contributed by atoms with Crippen LogP contribution >= 0.6 is 7.82 Å². The van der Waals surface area contributed by atoms with Crippen molar-refractivity contribution in [3.63, 3.8) is 0 Å². The van der Waals surface area contributed by atoms with E-state index in [0.29, 0.717) is 13.1 Å². The Morgan fingerprint density at radius 3 is 2.11 bits per heavy atom. The molecular formula is C25H45N2O7P. The highest BCUT2D eigenvalue weighted by Crippen LogP contribution is 2.38. The molecule has 9 nitrogen and oxygen atoms in total. The Morgan fingerprint density at radius 1 is 0.914 bits per heavy atom. The van der Waals surface area contributed by atoms with Crippen LogP contribution in [0.25, 0.3) is 0 Å². The van der Waals surface area contributed by atoms with Gasteiger partial charge in [0.1, 0.15) is 19.3 Å². The zero-order valence-electron chi connectivity index (χ0n) is 21.5. The van der Waals surface area contributed by atoms with Crippen molar-refractivity contribution in [2.75, 3.05) is 33.5 Å². The summed E-state index contributed by atoms with van der Waals surface area (Å²) in [6.07, 6.45) is 16.0. The second-order valence-corrected chi connectivity index (χ2v) is 10.0. The van der Waals surface area contributed by atoms with Crippen LogP contribution in [0.4, 0.5) is 4.79 Å². The maximum Gasteiger partial charge on any atom is 0.407 e. The number of ether oxygens (including phenoxy) is 2. The monoisotopic (exact) mass is 516 g/mol. The van der Waals surface area contributed by atoms with Crippen LogP contribution in [0, 0.1) is 0 Å². The third kappa shape index (κ3) is 18.4. The quantitative estimate of drug-likeness (QED) is 0.137. The Kier molecular flexibility index (Phi) is 18.6. The molecule has 0 spiro atoms. The molecular weight excluding hydrogens is 471 g/mol. The fraction of sp³-hybridized carbons (Fsp3) is 0.760. The van der Waals surface area contributed by atoms with Crippen molar-refractivity contribution in [3.8, 4) is 0 Å². The van der Waals surface area contributed by atoms with Gasteiger partial charge in [0.05, 0.1) is 6.61 Å². The standard InChI is InChI=1S/C25H45N2O7P/c1-3-4-5-6-7-8-9-10-11-12-14-17-26-25(28)32-22-24(31-2)23-34-35(29,30)33-21-20-27-18-15-13-16-19-27/h13,15-16,18-19,24H,3-12,14,17,20-23H2,1-2H3,(H-,26,28,29,30). The van der Waals surface area contributed by atoms with Crippen molar-refractivity contribution in [2.45, 2.75) is 90.2 Å². The van der Waals surface area contributed by atoms with E-state index in [1.807, 2.05) is 18.2 Å². The molecule has 10 heteroatoms. The van der Waals surface area contributed by atoms with Gasteiger partial charge in [-0.3, -0.25) is 4.57 Å². The number of pyridine rings is 1. The molecule has 0 radical (unpaired) electrons. The number of hydrogen-bond acceptors (Lipinski definition) is 7. The number of carbonyl (C=O) groups excluding carboxylic acids is 1. The number of aromatic nitrogens is 1. The summed E-state index contributed by atoms with van der Waals surface area (Å²) in [5.74, 6) is 0. The third-order valence-corrected chi connectivity index (χ3v) is 6.54. The van der Waals surface area contributed by atoms with E-state index in [9.17, 15) is 14.3 Å². The maximum absolute atomic E-state index is 11.9. The summed E-state index contributed by atoms with van der Waals surface area (Å²) < 4.78 is 33.7. The molecule has 1 heterocycles. The van der Waals surface area contributed by atoms with E-state index in [2.05, 4.69) is 12.2 Å². The molecule has 2 unspecified atom stereocenters. The molecule has 0 saturated carbocycles. The number of phosphoric acid groups is 1. The molecule has 1 N–H and O–H groups in total. The van der Waals surface area contributed by atoms with Crippen molar-refractivity contribution in [3.05, 3.63) is 30.6 Å². The van der Waals surface area contributed by atoms with Gasteiger partial charge in [-0.2, -0.15) is 0 Å². The SMILES string of the molecule is CCCCCCCCCCCCCNC(=O)OCC(COP(=O)([O-])OCC[n+]1ccccc1)OC. The van der Waals surface area contributed by atoms with Gasteiger partial charge in [0.2, 0.25) is 0 Å². The number of unbranched alkanes of at least 4 members (excludes halogenated alkanes) is 10. The van der Waals surface area contributed by atoms with E-state index in [1.54, 1.807) is 17.0 Å².